The number of hydrogen-bond acceptors (Lipinski definition) is 6. The lowest BCUT2D eigenvalue weighted by Gasteiger charge is -2.03. The summed E-state index contributed by atoms with van der Waals surface area (Å²) in [5.74, 6) is 1.43. The Bertz CT molecular complexity index is 1070. The maximum Gasteiger partial charge on any atom is 0.293 e. The van der Waals surface area contributed by atoms with Crippen molar-refractivity contribution in [3.8, 4) is 5.75 Å². The zero-order chi connectivity index (χ0) is 18.6. The minimum atomic E-state index is -0.297. The van der Waals surface area contributed by atoms with Gasteiger partial charge in [-0.3, -0.25) is 10.1 Å². The fourth-order valence-electron chi connectivity index (χ4n) is 2.57. The van der Waals surface area contributed by atoms with Crippen molar-refractivity contribution in [2.75, 3.05) is 12.4 Å². The first-order valence-electron chi connectivity index (χ1n) is 8.23. The molecular weight excluding hydrogens is 380 g/mol. The molecule has 0 saturated carbocycles. The average molecular weight is 396 g/mol. The van der Waals surface area contributed by atoms with Crippen LogP contribution < -0.4 is 10.1 Å². The number of benzene rings is 2. The molecular formula is C20H16N2O3S2. The zero-order valence-corrected chi connectivity index (χ0v) is 16.1. The fourth-order valence-corrected chi connectivity index (χ4v) is 4.35. The molecule has 0 saturated heterocycles. The van der Waals surface area contributed by atoms with E-state index in [4.69, 9.17) is 9.15 Å². The molecule has 0 aliphatic heterocycles. The first kappa shape index (κ1) is 17.6. The quantitative estimate of drug-likeness (QED) is 0.440. The molecule has 0 unspecified atom stereocenters. The lowest BCUT2D eigenvalue weighted by atomic mass is 10.3. The standard InChI is InChI=1S/C20H16N2O3S2/c1-24-14-7-8-16-17(11-14)27-20(21-16)22-19(23)18-13(9-10-25-18)12-26-15-5-3-2-4-6-15/h2-11H,12H2,1H3,(H,21,22,23). The van der Waals surface area contributed by atoms with E-state index >= 15 is 0 Å². The summed E-state index contributed by atoms with van der Waals surface area (Å²) in [6.45, 7) is 0. The number of nitrogens with zero attached hydrogens (tertiary/aromatic N) is 1. The first-order chi connectivity index (χ1) is 13.2. The third-order valence-electron chi connectivity index (χ3n) is 3.91. The molecule has 27 heavy (non-hydrogen) atoms. The number of aromatic nitrogens is 1. The number of hydrogen-bond donors (Lipinski definition) is 1. The van der Waals surface area contributed by atoms with Crippen LogP contribution in [0.15, 0.2) is 70.2 Å². The Kier molecular flexibility index (Phi) is 5.13. The van der Waals surface area contributed by atoms with Crippen LogP contribution in [0.4, 0.5) is 5.13 Å². The summed E-state index contributed by atoms with van der Waals surface area (Å²) < 4.78 is 11.6. The summed E-state index contributed by atoms with van der Waals surface area (Å²) in [7, 11) is 1.62. The molecule has 7 heteroatoms. The minimum absolute atomic E-state index is 0.297. The Hall–Kier alpha value is -2.77. The number of furan rings is 1. The summed E-state index contributed by atoms with van der Waals surface area (Å²) in [5, 5.41) is 3.36. The van der Waals surface area contributed by atoms with Gasteiger partial charge in [-0.15, -0.1) is 11.8 Å². The zero-order valence-electron chi connectivity index (χ0n) is 14.5. The van der Waals surface area contributed by atoms with E-state index in [0.717, 1.165) is 26.4 Å². The Morgan fingerprint density at radius 3 is 2.89 bits per heavy atom. The van der Waals surface area contributed by atoms with E-state index in [1.807, 2.05) is 54.6 Å². The lowest BCUT2D eigenvalue weighted by Crippen LogP contribution is -2.12. The normalized spacial score (nSPS) is 10.9. The molecule has 0 spiro atoms. The van der Waals surface area contributed by atoms with E-state index in [1.165, 1.54) is 11.3 Å². The van der Waals surface area contributed by atoms with E-state index in [2.05, 4.69) is 10.3 Å². The van der Waals surface area contributed by atoms with Crippen molar-refractivity contribution in [1.82, 2.24) is 4.98 Å². The second-order valence-corrected chi connectivity index (χ2v) is 7.76. The van der Waals surface area contributed by atoms with Gasteiger partial charge in [0, 0.05) is 16.2 Å². The number of rotatable bonds is 6. The molecule has 2 heterocycles. The summed E-state index contributed by atoms with van der Waals surface area (Å²) >= 11 is 3.06. The molecule has 0 fully saturated rings. The van der Waals surface area contributed by atoms with Crippen molar-refractivity contribution >= 4 is 44.4 Å². The maximum atomic E-state index is 12.6. The van der Waals surface area contributed by atoms with Gasteiger partial charge >= 0.3 is 0 Å². The van der Waals surface area contributed by atoms with E-state index in [-0.39, 0.29) is 5.91 Å². The summed E-state index contributed by atoms with van der Waals surface area (Å²) in [6, 6.07) is 17.5. The third kappa shape index (κ3) is 3.99. The van der Waals surface area contributed by atoms with Gasteiger partial charge in [-0.1, -0.05) is 29.5 Å². The molecule has 4 rings (SSSR count). The molecule has 5 nitrogen and oxygen atoms in total. The predicted octanol–water partition coefficient (Wildman–Crippen LogP) is 5.44. The lowest BCUT2D eigenvalue weighted by molar-refractivity contribution is 0.0996. The van der Waals surface area contributed by atoms with E-state index in [9.17, 15) is 4.79 Å². The molecule has 1 N–H and O–H groups in total. The molecule has 0 aliphatic rings. The Balaban J connectivity index is 1.48. The van der Waals surface area contributed by atoms with Gasteiger partial charge in [0.05, 0.1) is 23.6 Å². The smallest absolute Gasteiger partial charge is 0.293 e. The highest BCUT2D eigenvalue weighted by Crippen LogP contribution is 2.30. The Morgan fingerprint density at radius 1 is 1.22 bits per heavy atom. The molecule has 2 aromatic carbocycles. The second-order valence-electron chi connectivity index (χ2n) is 5.68. The van der Waals surface area contributed by atoms with Crippen LogP contribution in [0.1, 0.15) is 16.1 Å². The number of amides is 1. The second kappa shape index (κ2) is 7.85. The summed E-state index contributed by atoms with van der Waals surface area (Å²) in [5.41, 5.74) is 1.67. The van der Waals surface area contributed by atoms with Gasteiger partial charge in [0.25, 0.3) is 5.91 Å². The van der Waals surface area contributed by atoms with E-state index < -0.39 is 0 Å². The van der Waals surface area contributed by atoms with Crippen molar-refractivity contribution in [2.45, 2.75) is 10.6 Å². The van der Waals surface area contributed by atoms with E-state index in [1.54, 1.807) is 25.1 Å². The fraction of sp³-hybridized carbons (Fsp3) is 0.100. The number of fused-ring (bicyclic) bond motifs is 1. The summed E-state index contributed by atoms with van der Waals surface area (Å²) in [4.78, 5) is 18.2. The van der Waals surface area contributed by atoms with Gasteiger partial charge in [-0.25, -0.2) is 4.98 Å². The van der Waals surface area contributed by atoms with Crippen LogP contribution in [0.2, 0.25) is 0 Å². The van der Waals surface area contributed by atoms with Crippen LogP contribution in [-0.2, 0) is 5.75 Å². The molecule has 0 bridgehead atoms. The van der Waals surface area contributed by atoms with Gasteiger partial charge in [0.2, 0.25) is 0 Å². The van der Waals surface area contributed by atoms with Gasteiger partial charge in [-0.2, -0.15) is 0 Å². The number of carbonyl (C=O) groups excluding carboxylic acids is 1. The monoisotopic (exact) mass is 396 g/mol. The number of methoxy groups -OCH3 is 1. The van der Waals surface area contributed by atoms with Crippen molar-refractivity contribution in [3.05, 3.63) is 72.2 Å². The highest BCUT2D eigenvalue weighted by Gasteiger charge is 2.17. The predicted molar refractivity (Wildman–Crippen MR) is 109 cm³/mol. The molecule has 1 amide bonds. The van der Waals surface area contributed by atoms with Gasteiger partial charge < -0.3 is 9.15 Å². The number of thioether (sulfide) groups is 1. The topological polar surface area (TPSA) is 64.4 Å². The van der Waals surface area contributed by atoms with Crippen LogP contribution in [0.3, 0.4) is 0 Å². The maximum absolute atomic E-state index is 12.6. The molecule has 0 radical (unpaired) electrons. The molecule has 0 atom stereocenters. The molecule has 136 valence electrons. The third-order valence-corrected chi connectivity index (χ3v) is 5.90. The van der Waals surface area contributed by atoms with Crippen molar-refractivity contribution in [3.63, 3.8) is 0 Å². The largest absolute Gasteiger partial charge is 0.497 e. The van der Waals surface area contributed by atoms with Crippen LogP contribution in [-0.4, -0.2) is 18.0 Å². The van der Waals surface area contributed by atoms with E-state index in [0.29, 0.717) is 16.6 Å². The van der Waals surface area contributed by atoms with Gasteiger partial charge in [0.15, 0.2) is 10.9 Å². The highest BCUT2D eigenvalue weighted by atomic mass is 32.2. The van der Waals surface area contributed by atoms with Crippen molar-refractivity contribution < 1.29 is 13.9 Å². The molecule has 0 aliphatic carbocycles. The van der Waals surface area contributed by atoms with Gasteiger partial charge in [-0.05, 0) is 36.4 Å². The Morgan fingerprint density at radius 2 is 2.07 bits per heavy atom. The number of nitrogens with one attached hydrogen (secondary N) is 1. The number of thiazole rings is 1. The number of anilines is 1. The highest BCUT2D eigenvalue weighted by molar-refractivity contribution is 7.98. The van der Waals surface area contributed by atoms with Crippen LogP contribution in [0.25, 0.3) is 10.2 Å². The van der Waals surface area contributed by atoms with Crippen molar-refractivity contribution in [2.24, 2.45) is 0 Å². The number of carbonyl (C=O) groups is 1. The van der Waals surface area contributed by atoms with Crippen LogP contribution in [0.5, 0.6) is 5.75 Å². The SMILES string of the molecule is COc1ccc2nc(NC(=O)c3occc3CSc3ccccc3)sc2c1. The molecule has 4 aromatic rings. The first-order valence-corrected chi connectivity index (χ1v) is 10.0. The number of ether oxygens (including phenoxy) is 1. The molecule has 2 aromatic heterocycles. The Labute approximate surface area is 164 Å². The average Bonchev–Trinajstić information content (AvgIpc) is 3.32. The summed E-state index contributed by atoms with van der Waals surface area (Å²) in [6.07, 6.45) is 1.54. The van der Waals surface area contributed by atoms with Crippen LogP contribution >= 0.6 is 23.1 Å². The van der Waals surface area contributed by atoms with Crippen LogP contribution in [0, 0.1) is 0 Å². The van der Waals surface area contributed by atoms with Crippen molar-refractivity contribution in [1.29, 1.82) is 0 Å². The minimum Gasteiger partial charge on any atom is -0.497 e. The van der Waals surface area contributed by atoms with Gasteiger partial charge in [0.1, 0.15) is 5.75 Å².